The van der Waals surface area contributed by atoms with Gasteiger partial charge in [0.05, 0.1) is 24.2 Å². The number of benzene rings is 2. The number of ether oxygens (including phenoxy) is 1. The molecule has 3 aromatic rings. The highest BCUT2D eigenvalue weighted by atomic mass is 19.1. The Kier molecular flexibility index (Phi) is 4.28. The highest BCUT2D eigenvalue weighted by Gasteiger charge is 2.50. The van der Waals surface area contributed by atoms with Crippen molar-refractivity contribution in [1.82, 2.24) is 14.7 Å². The van der Waals surface area contributed by atoms with E-state index in [9.17, 15) is 9.18 Å². The lowest BCUT2D eigenvalue weighted by atomic mass is 9.84. The van der Waals surface area contributed by atoms with Crippen LogP contribution in [0.25, 0.3) is 10.9 Å². The van der Waals surface area contributed by atoms with Crippen molar-refractivity contribution < 1.29 is 13.9 Å². The molecule has 31 heavy (non-hydrogen) atoms. The van der Waals surface area contributed by atoms with E-state index in [1.807, 2.05) is 29.9 Å². The molecule has 0 radical (unpaired) electrons. The summed E-state index contributed by atoms with van der Waals surface area (Å²) in [6.45, 7) is 2.11. The summed E-state index contributed by atoms with van der Waals surface area (Å²) < 4.78 is 21.8. The number of carbonyl (C=O) groups excluding carboxylic acids is 1. The van der Waals surface area contributed by atoms with E-state index >= 15 is 0 Å². The zero-order chi connectivity index (χ0) is 21.1. The minimum atomic E-state index is -0.257. The van der Waals surface area contributed by atoms with E-state index in [0.29, 0.717) is 19.1 Å². The molecule has 7 heteroatoms. The molecular formula is C24H25FN4O2. The first kappa shape index (κ1) is 18.8. The van der Waals surface area contributed by atoms with Crippen molar-refractivity contribution in [3.8, 4) is 5.75 Å². The molecule has 0 bridgehead atoms. The Morgan fingerprint density at radius 1 is 1.26 bits per heavy atom. The third-order valence-electron chi connectivity index (χ3n) is 7.01. The minimum Gasteiger partial charge on any atom is -0.493 e. The van der Waals surface area contributed by atoms with Crippen molar-refractivity contribution in [1.29, 1.82) is 0 Å². The monoisotopic (exact) mass is 420 g/mol. The topological polar surface area (TPSA) is 59.4 Å². The van der Waals surface area contributed by atoms with Crippen LogP contribution in [-0.4, -0.2) is 40.3 Å². The Morgan fingerprint density at radius 3 is 2.97 bits per heavy atom. The fourth-order valence-corrected chi connectivity index (χ4v) is 5.27. The molecule has 0 unspecified atom stereocenters. The number of nitrogens with one attached hydrogen (secondary N) is 1. The molecule has 6 nitrogen and oxygen atoms in total. The summed E-state index contributed by atoms with van der Waals surface area (Å²) in [7, 11) is 1.90. The zero-order valence-electron chi connectivity index (χ0n) is 17.4. The van der Waals surface area contributed by atoms with Crippen LogP contribution in [0.4, 0.5) is 10.1 Å². The van der Waals surface area contributed by atoms with E-state index in [-0.39, 0.29) is 29.6 Å². The van der Waals surface area contributed by atoms with Crippen molar-refractivity contribution in [2.45, 2.75) is 18.9 Å². The molecule has 160 valence electrons. The van der Waals surface area contributed by atoms with E-state index < -0.39 is 0 Å². The van der Waals surface area contributed by atoms with Gasteiger partial charge < -0.3 is 10.1 Å². The standard InChI is InChI=1S/C24H25FN4O2/c1-28-21-6-5-17(8-15(21)10-26-28)27-24(30)19-12-29(11-14-2-3-14)23-18-9-16(25)4-7-22(18)31-13-20(19)23/h4-10,14,19-20,23H,2-3,11-13H2,1H3,(H,27,30)/t19-,20+,23+/m1/s1. The Bertz CT molecular complexity index is 1170. The number of rotatable bonds is 4. The van der Waals surface area contributed by atoms with Gasteiger partial charge in [-0.25, -0.2) is 4.39 Å². The predicted octanol–water partition coefficient (Wildman–Crippen LogP) is 3.74. The van der Waals surface area contributed by atoms with Gasteiger partial charge in [0.25, 0.3) is 0 Å². The molecule has 1 aromatic heterocycles. The Morgan fingerprint density at radius 2 is 2.13 bits per heavy atom. The number of fused-ring (bicyclic) bond motifs is 4. The zero-order valence-corrected chi connectivity index (χ0v) is 17.4. The second-order valence-electron chi connectivity index (χ2n) is 9.14. The quantitative estimate of drug-likeness (QED) is 0.699. The van der Waals surface area contributed by atoms with Crippen LogP contribution in [0.2, 0.25) is 0 Å². The second-order valence-corrected chi connectivity index (χ2v) is 9.14. The van der Waals surface area contributed by atoms with Crippen LogP contribution in [0.5, 0.6) is 5.75 Å². The van der Waals surface area contributed by atoms with Crippen molar-refractivity contribution in [2.24, 2.45) is 24.8 Å². The van der Waals surface area contributed by atoms with Crippen LogP contribution in [0.3, 0.4) is 0 Å². The molecule has 3 atom stereocenters. The maximum absolute atomic E-state index is 14.1. The Labute approximate surface area is 180 Å². The van der Waals surface area contributed by atoms with Gasteiger partial charge in [0, 0.05) is 48.7 Å². The summed E-state index contributed by atoms with van der Waals surface area (Å²) >= 11 is 0. The SMILES string of the molecule is Cn1ncc2cc(NC(=O)[C@@H]3CN(CC4CC4)[C@H]4c5cc(F)ccc5OC[C@@H]34)ccc21. The first-order valence-electron chi connectivity index (χ1n) is 11.0. The molecule has 1 amide bonds. The van der Waals surface area contributed by atoms with Crippen LogP contribution >= 0.6 is 0 Å². The third kappa shape index (κ3) is 3.28. The van der Waals surface area contributed by atoms with Crippen molar-refractivity contribution >= 4 is 22.5 Å². The molecule has 1 saturated carbocycles. The van der Waals surface area contributed by atoms with Gasteiger partial charge in [-0.3, -0.25) is 14.4 Å². The van der Waals surface area contributed by atoms with Crippen molar-refractivity contribution in [3.05, 3.63) is 54.0 Å². The van der Waals surface area contributed by atoms with Crippen LogP contribution in [0.15, 0.2) is 42.6 Å². The lowest BCUT2D eigenvalue weighted by molar-refractivity contribution is -0.121. The molecule has 6 rings (SSSR count). The summed E-state index contributed by atoms with van der Waals surface area (Å²) in [5.41, 5.74) is 2.67. The van der Waals surface area contributed by atoms with E-state index in [2.05, 4.69) is 15.3 Å². The number of halogens is 1. The van der Waals surface area contributed by atoms with Gasteiger partial charge in [-0.15, -0.1) is 0 Å². The molecule has 1 saturated heterocycles. The molecular weight excluding hydrogens is 395 g/mol. The number of likely N-dealkylation sites (tertiary alicyclic amines) is 1. The highest BCUT2D eigenvalue weighted by molar-refractivity contribution is 5.95. The molecule has 3 heterocycles. The predicted molar refractivity (Wildman–Crippen MR) is 115 cm³/mol. The lowest BCUT2D eigenvalue weighted by Crippen LogP contribution is -2.35. The van der Waals surface area contributed by atoms with Crippen molar-refractivity contribution in [2.75, 3.05) is 25.0 Å². The minimum absolute atomic E-state index is 0.00000898. The summed E-state index contributed by atoms with van der Waals surface area (Å²) in [5.74, 6) is 0.980. The average Bonchev–Trinajstić information content (AvgIpc) is 3.39. The third-order valence-corrected chi connectivity index (χ3v) is 7.01. The number of hydrogen-bond acceptors (Lipinski definition) is 4. The van der Waals surface area contributed by atoms with Crippen LogP contribution in [0, 0.1) is 23.6 Å². The molecule has 2 aromatic carbocycles. The van der Waals surface area contributed by atoms with Crippen LogP contribution in [0.1, 0.15) is 24.4 Å². The van der Waals surface area contributed by atoms with E-state index in [1.54, 1.807) is 18.3 Å². The molecule has 2 fully saturated rings. The fourth-order valence-electron chi connectivity index (χ4n) is 5.27. The number of nitrogens with zero attached hydrogens (tertiary/aromatic N) is 3. The number of carbonyl (C=O) groups is 1. The number of aromatic nitrogens is 2. The van der Waals surface area contributed by atoms with Gasteiger partial charge in [-0.05, 0) is 55.2 Å². The fraction of sp³-hybridized carbons (Fsp3) is 0.417. The smallest absolute Gasteiger partial charge is 0.229 e. The maximum atomic E-state index is 14.1. The molecule has 0 spiro atoms. The number of amides is 1. The Hall–Kier alpha value is -2.93. The largest absolute Gasteiger partial charge is 0.493 e. The van der Waals surface area contributed by atoms with Gasteiger partial charge in [0.2, 0.25) is 5.91 Å². The van der Waals surface area contributed by atoms with Gasteiger partial charge in [0.1, 0.15) is 11.6 Å². The molecule has 1 aliphatic carbocycles. The maximum Gasteiger partial charge on any atom is 0.229 e. The van der Waals surface area contributed by atoms with Gasteiger partial charge in [-0.2, -0.15) is 5.10 Å². The van der Waals surface area contributed by atoms with E-state index in [1.165, 1.54) is 18.9 Å². The molecule has 3 aliphatic rings. The van der Waals surface area contributed by atoms with Crippen molar-refractivity contribution in [3.63, 3.8) is 0 Å². The van der Waals surface area contributed by atoms with E-state index in [0.717, 1.165) is 34.4 Å². The first-order chi connectivity index (χ1) is 15.1. The average molecular weight is 420 g/mol. The van der Waals surface area contributed by atoms with Crippen LogP contribution in [-0.2, 0) is 11.8 Å². The van der Waals surface area contributed by atoms with E-state index in [4.69, 9.17) is 4.74 Å². The summed E-state index contributed by atoms with van der Waals surface area (Å²) in [4.78, 5) is 15.7. The number of hydrogen-bond donors (Lipinski definition) is 1. The summed E-state index contributed by atoms with van der Waals surface area (Å²) in [5, 5.41) is 8.37. The number of aryl methyl sites for hydroxylation is 1. The van der Waals surface area contributed by atoms with Gasteiger partial charge in [0.15, 0.2) is 0 Å². The van der Waals surface area contributed by atoms with Gasteiger partial charge >= 0.3 is 0 Å². The molecule has 2 aliphatic heterocycles. The normalized spacial score (nSPS) is 25.2. The second kappa shape index (κ2) is 7.05. The highest BCUT2D eigenvalue weighted by Crippen LogP contribution is 2.49. The number of anilines is 1. The molecule has 1 N–H and O–H groups in total. The summed E-state index contributed by atoms with van der Waals surface area (Å²) in [6.07, 6.45) is 4.28. The first-order valence-corrected chi connectivity index (χ1v) is 11.0. The lowest BCUT2D eigenvalue weighted by Gasteiger charge is -2.34. The van der Waals surface area contributed by atoms with Crippen LogP contribution < -0.4 is 10.1 Å². The Balaban J connectivity index is 1.28. The summed E-state index contributed by atoms with van der Waals surface area (Å²) in [6, 6.07) is 10.6. The van der Waals surface area contributed by atoms with Gasteiger partial charge in [-0.1, -0.05) is 0 Å².